The molecule has 0 amide bonds. The molecule has 0 aliphatic rings. The van der Waals surface area contributed by atoms with Gasteiger partial charge in [-0.1, -0.05) is 13.3 Å². The third kappa shape index (κ3) is 7.84. The van der Waals surface area contributed by atoms with E-state index in [1.54, 1.807) is 6.92 Å². The molecule has 5 nitrogen and oxygen atoms in total. The molecule has 5 heteroatoms. The van der Waals surface area contributed by atoms with Gasteiger partial charge in [0.25, 0.3) is 0 Å². The van der Waals surface area contributed by atoms with Crippen molar-refractivity contribution in [2.75, 3.05) is 20.7 Å². The van der Waals surface area contributed by atoms with Crippen LogP contribution in [0.15, 0.2) is 12.2 Å². The van der Waals surface area contributed by atoms with E-state index in [1.807, 2.05) is 19.0 Å². The van der Waals surface area contributed by atoms with Crippen molar-refractivity contribution in [1.29, 1.82) is 0 Å². The highest BCUT2D eigenvalue weighted by Gasteiger charge is 2.14. The smallest absolute Gasteiger partial charge is 0.332 e. The van der Waals surface area contributed by atoms with Gasteiger partial charge >= 0.3 is 11.9 Å². The Balaban J connectivity index is 4.20. The number of nitrogens with zero attached hydrogens (tertiary/aromatic N) is 1. The molecule has 0 spiro atoms. The van der Waals surface area contributed by atoms with Gasteiger partial charge < -0.3 is 9.47 Å². The van der Waals surface area contributed by atoms with E-state index in [1.165, 1.54) is 0 Å². The zero-order valence-corrected chi connectivity index (χ0v) is 11.6. The summed E-state index contributed by atoms with van der Waals surface area (Å²) in [5, 5.41) is 0. The number of carbonyl (C=O) groups excluding carboxylic acids is 2. The van der Waals surface area contributed by atoms with Crippen molar-refractivity contribution in [3.8, 4) is 0 Å². The first-order valence-electron chi connectivity index (χ1n) is 6.23. The zero-order chi connectivity index (χ0) is 14.0. The van der Waals surface area contributed by atoms with Gasteiger partial charge in [-0.05, 0) is 33.9 Å². The van der Waals surface area contributed by atoms with E-state index in [4.69, 9.17) is 4.74 Å². The average Bonchev–Trinajstić information content (AvgIpc) is 2.32. The second-order valence-electron chi connectivity index (χ2n) is 4.08. The van der Waals surface area contributed by atoms with Gasteiger partial charge in [0.05, 0.1) is 6.61 Å². The summed E-state index contributed by atoms with van der Waals surface area (Å²) in [6.07, 6.45) is 4.73. The lowest BCUT2D eigenvalue weighted by atomic mass is 10.2. The van der Waals surface area contributed by atoms with Crippen molar-refractivity contribution >= 4 is 11.9 Å². The summed E-state index contributed by atoms with van der Waals surface area (Å²) < 4.78 is 9.90. The summed E-state index contributed by atoms with van der Waals surface area (Å²) in [5.74, 6) is -1.07. The van der Waals surface area contributed by atoms with Gasteiger partial charge in [-0.2, -0.15) is 0 Å². The summed E-state index contributed by atoms with van der Waals surface area (Å²) in [6.45, 7) is 4.07. The van der Waals surface area contributed by atoms with Crippen LogP contribution >= 0.6 is 0 Å². The van der Waals surface area contributed by atoms with Crippen LogP contribution in [0, 0.1) is 0 Å². The van der Waals surface area contributed by atoms with Crippen LogP contribution in [0.25, 0.3) is 0 Å². The van der Waals surface area contributed by atoms with Crippen molar-refractivity contribution in [2.45, 2.75) is 39.3 Å². The number of hydrogen-bond donors (Lipinski definition) is 0. The molecular weight excluding hydrogens is 234 g/mol. The SMILES string of the molecule is CCCCC(OC(=O)/C=C\C(=O)OCC)N(C)C. The van der Waals surface area contributed by atoms with Gasteiger partial charge in [0.15, 0.2) is 6.23 Å². The van der Waals surface area contributed by atoms with E-state index in [-0.39, 0.29) is 12.8 Å². The first-order chi connectivity index (χ1) is 8.51. The van der Waals surface area contributed by atoms with Gasteiger partial charge in [-0.15, -0.1) is 0 Å². The fourth-order valence-corrected chi connectivity index (χ4v) is 1.30. The van der Waals surface area contributed by atoms with Gasteiger partial charge in [-0.3, -0.25) is 4.90 Å². The number of rotatable bonds is 8. The maximum absolute atomic E-state index is 11.5. The fourth-order valence-electron chi connectivity index (χ4n) is 1.30. The Hall–Kier alpha value is -1.36. The van der Waals surface area contributed by atoms with Gasteiger partial charge in [0.2, 0.25) is 0 Å². The second kappa shape index (κ2) is 9.65. The Kier molecular flexibility index (Phi) is 8.92. The minimum Gasteiger partial charge on any atom is -0.463 e. The fraction of sp³-hybridized carbons (Fsp3) is 0.692. The highest BCUT2D eigenvalue weighted by Crippen LogP contribution is 2.07. The standard InChI is InChI=1S/C13H23NO4/c1-5-7-8-11(14(3)4)18-13(16)10-9-12(15)17-6-2/h9-11H,5-8H2,1-4H3/b10-9-. The van der Waals surface area contributed by atoms with E-state index < -0.39 is 11.9 Å². The molecule has 0 fully saturated rings. The van der Waals surface area contributed by atoms with E-state index >= 15 is 0 Å². The third-order valence-electron chi connectivity index (χ3n) is 2.27. The monoisotopic (exact) mass is 257 g/mol. The molecular formula is C13H23NO4. The Morgan fingerprint density at radius 2 is 1.78 bits per heavy atom. The summed E-state index contributed by atoms with van der Waals surface area (Å²) in [5.41, 5.74) is 0. The topological polar surface area (TPSA) is 55.8 Å². The lowest BCUT2D eigenvalue weighted by Crippen LogP contribution is -2.32. The van der Waals surface area contributed by atoms with E-state index in [9.17, 15) is 9.59 Å². The number of ether oxygens (including phenoxy) is 2. The van der Waals surface area contributed by atoms with Crippen LogP contribution < -0.4 is 0 Å². The Labute approximate surface area is 109 Å². The molecule has 0 saturated heterocycles. The molecule has 0 aromatic carbocycles. The summed E-state index contributed by atoms with van der Waals surface area (Å²) >= 11 is 0. The number of esters is 2. The maximum Gasteiger partial charge on any atom is 0.332 e. The van der Waals surface area contributed by atoms with E-state index in [2.05, 4.69) is 11.7 Å². The molecule has 1 atom stereocenters. The van der Waals surface area contributed by atoms with E-state index in [0.29, 0.717) is 0 Å². The molecule has 0 aliphatic carbocycles. The van der Waals surface area contributed by atoms with Crippen molar-refractivity contribution in [1.82, 2.24) is 4.90 Å². The van der Waals surface area contributed by atoms with Gasteiger partial charge in [-0.25, -0.2) is 9.59 Å². The molecule has 0 heterocycles. The van der Waals surface area contributed by atoms with Crippen molar-refractivity contribution in [2.24, 2.45) is 0 Å². The van der Waals surface area contributed by atoms with Gasteiger partial charge in [0, 0.05) is 12.2 Å². The minimum absolute atomic E-state index is 0.260. The van der Waals surface area contributed by atoms with Crippen molar-refractivity contribution < 1.29 is 19.1 Å². The molecule has 0 rings (SSSR count). The summed E-state index contributed by atoms with van der Waals surface area (Å²) in [7, 11) is 3.70. The summed E-state index contributed by atoms with van der Waals surface area (Å²) in [4.78, 5) is 24.3. The molecule has 104 valence electrons. The molecule has 0 saturated carbocycles. The van der Waals surface area contributed by atoms with Crippen LogP contribution in [-0.2, 0) is 19.1 Å². The largest absolute Gasteiger partial charge is 0.463 e. The minimum atomic E-state index is -0.538. The molecule has 18 heavy (non-hydrogen) atoms. The average molecular weight is 257 g/mol. The molecule has 0 aromatic rings. The lowest BCUT2D eigenvalue weighted by Gasteiger charge is -2.23. The first-order valence-corrected chi connectivity index (χ1v) is 6.23. The van der Waals surface area contributed by atoms with E-state index in [0.717, 1.165) is 31.4 Å². The Morgan fingerprint density at radius 1 is 1.17 bits per heavy atom. The number of hydrogen-bond acceptors (Lipinski definition) is 5. The van der Waals surface area contributed by atoms with Crippen LogP contribution in [0.5, 0.6) is 0 Å². The Morgan fingerprint density at radius 3 is 2.28 bits per heavy atom. The predicted octanol–water partition coefficient (Wildman–Crippen LogP) is 1.73. The first kappa shape index (κ1) is 16.6. The normalized spacial score (nSPS) is 12.7. The Bertz CT molecular complexity index is 287. The van der Waals surface area contributed by atoms with Crippen LogP contribution in [0.1, 0.15) is 33.1 Å². The molecule has 0 N–H and O–H groups in total. The quantitative estimate of drug-likeness (QED) is 0.376. The third-order valence-corrected chi connectivity index (χ3v) is 2.27. The van der Waals surface area contributed by atoms with Crippen molar-refractivity contribution in [3.63, 3.8) is 0 Å². The van der Waals surface area contributed by atoms with Crippen LogP contribution in [0.3, 0.4) is 0 Å². The van der Waals surface area contributed by atoms with Crippen LogP contribution in [0.2, 0.25) is 0 Å². The van der Waals surface area contributed by atoms with Gasteiger partial charge in [0.1, 0.15) is 0 Å². The second-order valence-corrected chi connectivity index (χ2v) is 4.08. The molecule has 0 aliphatic heterocycles. The number of unbranched alkanes of at least 4 members (excludes halogenated alkanes) is 1. The maximum atomic E-state index is 11.5. The highest BCUT2D eigenvalue weighted by atomic mass is 16.6. The predicted molar refractivity (Wildman–Crippen MR) is 68.9 cm³/mol. The zero-order valence-electron chi connectivity index (χ0n) is 11.6. The summed E-state index contributed by atoms with van der Waals surface area (Å²) in [6, 6.07) is 0. The molecule has 0 aromatic heterocycles. The van der Waals surface area contributed by atoms with Crippen LogP contribution in [0.4, 0.5) is 0 Å². The van der Waals surface area contributed by atoms with Crippen LogP contribution in [-0.4, -0.2) is 43.8 Å². The highest BCUT2D eigenvalue weighted by molar-refractivity contribution is 5.91. The molecule has 1 unspecified atom stereocenters. The molecule has 0 bridgehead atoms. The van der Waals surface area contributed by atoms with Crippen molar-refractivity contribution in [3.05, 3.63) is 12.2 Å². The number of carbonyl (C=O) groups is 2. The lowest BCUT2D eigenvalue weighted by molar-refractivity contribution is -0.152. The molecule has 0 radical (unpaired) electrons.